The van der Waals surface area contributed by atoms with Gasteiger partial charge in [0, 0.05) is 25.2 Å². The summed E-state index contributed by atoms with van der Waals surface area (Å²) in [4.78, 5) is 16.4. The molecule has 2 heterocycles. The number of hydrogen-bond donors (Lipinski definition) is 1. The van der Waals surface area contributed by atoms with Crippen molar-refractivity contribution in [2.75, 3.05) is 26.2 Å². The van der Waals surface area contributed by atoms with E-state index in [9.17, 15) is 4.79 Å². The molecule has 2 aromatic rings. The van der Waals surface area contributed by atoms with Gasteiger partial charge in [-0.05, 0) is 24.1 Å². The second kappa shape index (κ2) is 7.53. The highest BCUT2D eigenvalue weighted by Gasteiger charge is 2.31. The molecule has 1 aromatic carbocycles. The number of benzene rings is 1. The third-order valence-electron chi connectivity index (χ3n) is 4.25. The molecule has 0 radical (unpaired) electrons. The van der Waals surface area contributed by atoms with Crippen LogP contribution < -0.4 is 5.32 Å². The molecule has 7 nitrogen and oxygen atoms in total. The average Bonchev–Trinajstić information content (AvgIpc) is 2.90. The lowest BCUT2D eigenvalue weighted by molar-refractivity contribution is -0.136. The Hall–Kier alpha value is -2.28. The van der Waals surface area contributed by atoms with Crippen molar-refractivity contribution in [2.24, 2.45) is 5.92 Å². The number of hydrogen-bond acceptors (Lipinski definition) is 5. The van der Waals surface area contributed by atoms with Crippen molar-refractivity contribution >= 4 is 5.91 Å². The molecular weight excluding hydrogens is 304 g/mol. The predicted octanol–water partition coefficient (Wildman–Crippen LogP) is 1.36. The molecule has 128 valence electrons. The number of amides is 1. The fourth-order valence-electron chi connectivity index (χ4n) is 2.95. The smallest absolute Gasteiger partial charge is 0.249 e. The van der Waals surface area contributed by atoms with Crippen molar-refractivity contribution < 1.29 is 4.79 Å². The van der Waals surface area contributed by atoms with Crippen LogP contribution >= 0.6 is 0 Å². The van der Waals surface area contributed by atoms with Crippen LogP contribution in [0.25, 0.3) is 11.4 Å². The predicted molar refractivity (Wildman–Crippen MR) is 91.2 cm³/mol. The number of tetrazole rings is 1. The number of nitrogens with zero attached hydrogens (tertiary/aromatic N) is 5. The SMILES string of the molecule is CC(C)C(C(=O)N1CCCNCC1)n1nnc(-c2ccccc2)n1. The van der Waals surface area contributed by atoms with Crippen LogP contribution in [0.5, 0.6) is 0 Å². The van der Waals surface area contributed by atoms with Crippen molar-refractivity contribution in [3.63, 3.8) is 0 Å². The topological polar surface area (TPSA) is 75.9 Å². The molecule has 1 aliphatic heterocycles. The maximum atomic E-state index is 13.0. The summed E-state index contributed by atoms with van der Waals surface area (Å²) in [6.07, 6.45) is 0.969. The zero-order valence-electron chi connectivity index (χ0n) is 14.2. The molecule has 1 atom stereocenters. The molecule has 1 aromatic heterocycles. The summed E-state index contributed by atoms with van der Waals surface area (Å²) in [5.74, 6) is 0.712. The first-order valence-electron chi connectivity index (χ1n) is 8.51. The van der Waals surface area contributed by atoms with E-state index in [1.165, 1.54) is 4.80 Å². The molecule has 3 rings (SSSR count). The Kier molecular flexibility index (Phi) is 5.20. The highest BCUT2D eigenvalue weighted by molar-refractivity contribution is 5.80. The second-order valence-electron chi connectivity index (χ2n) is 6.42. The summed E-state index contributed by atoms with van der Waals surface area (Å²) in [6.45, 7) is 7.32. The van der Waals surface area contributed by atoms with Gasteiger partial charge in [-0.25, -0.2) is 0 Å². The van der Waals surface area contributed by atoms with E-state index < -0.39 is 6.04 Å². The molecule has 1 fully saturated rings. The third-order valence-corrected chi connectivity index (χ3v) is 4.25. The highest BCUT2D eigenvalue weighted by atomic mass is 16.2. The quantitative estimate of drug-likeness (QED) is 0.917. The molecule has 1 aliphatic rings. The first kappa shape index (κ1) is 16.6. The normalized spacial score (nSPS) is 16.9. The lowest BCUT2D eigenvalue weighted by atomic mass is 10.0. The second-order valence-corrected chi connectivity index (χ2v) is 6.42. The number of aromatic nitrogens is 4. The summed E-state index contributed by atoms with van der Waals surface area (Å²) < 4.78 is 0. The minimum Gasteiger partial charge on any atom is -0.339 e. The minimum absolute atomic E-state index is 0.0747. The van der Waals surface area contributed by atoms with Crippen LogP contribution in [0, 0.1) is 5.92 Å². The fourth-order valence-corrected chi connectivity index (χ4v) is 2.95. The van der Waals surface area contributed by atoms with E-state index in [2.05, 4.69) is 20.7 Å². The van der Waals surface area contributed by atoms with Crippen LogP contribution in [0.4, 0.5) is 0 Å². The van der Waals surface area contributed by atoms with E-state index in [0.29, 0.717) is 5.82 Å². The van der Waals surface area contributed by atoms with Gasteiger partial charge in [0.15, 0.2) is 6.04 Å². The maximum absolute atomic E-state index is 13.0. The van der Waals surface area contributed by atoms with Crippen molar-refractivity contribution in [1.82, 2.24) is 30.4 Å². The lowest BCUT2D eigenvalue weighted by Gasteiger charge is -2.27. The Bertz CT molecular complexity index is 661. The van der Waals surface area contributed by atoms with Gasteiger partial charge in [0.2, 0.25) is 11.7 Å². The van der Waals surface area contributed by atoms with Gasteiger partial charge in [0.05, 0.1) is 0 Å². The van der Waals surface area contributed by atoms with Crippen LogP contribution in [0.15, 0.2) is 30.3 Å². The lowest BCUT2D eigenvalue weighted by Crippen LogP contribution is -2.42. The summed E-state index contributed by atoms with van der Waals surface area (Å²) >= 11 is 0. The van der Waals surface area contributed by atoms with E-state index in [-0.39, 0.29) is 11.8 Å². The molecule has 0 spiro atoms. The molecule has 7 heteroatoms. The first-order chi connectivity index (χ1) is 11.7. The largest absolute Gasteiger partial charge is 0.339 e. The molecule has 1 unspecified atom stereocenters. The summed E-state index contributed by atoms with van der Waals surface area (Å²) in [6, 6.07) is 9.27. The van der Waals surface area contributed by atoms with Gasteiger partial charge in [-0.2, -0.15) is 4.80 Å². The Morgan fingerprint density at radius 1 is 1.17 bits per heavy atom. The molecule has 0 saturated carbocycles. The Morgan fingerprint density at radius 2 is 1.96 bits per heavy atom. The van der Waals surface area contributed by atoms with Gasteiger partial charge in [-0.1, -0.05) is 44.2 Å². The third kappa shape index (κ3) is 3.62. The van der Waals surface area contributed by atoms with E-state index in [1.54, 1.807) is 0 Å². The Labute approximate surface area is 142 Å². The van der Waals surface area contributed by atoms with Crippen molar-refractivity contribution in [3.05, 3.63) is 30.3 Å². The van der Waals surface area contributed by atoms with E-state index in [4.69, 9.17) is 0 Å². The monoisotopic (exact) mass is 328 g/mol. The number of carbonyl (C=O) groups excluding carboxylic acids is 1. The standard InChI is InChI=1S/C17H24N6O/c1-13(2)15(17(24)22-11-6-9-18-10-12-22)23-20-16(19-21-23)14-7-4-3-5-8-14/h3-5,7-8,13,15,18H,6,9-12H2,1-2H3. The summed E-state index contributed by atoms with van der Waals surface area (Å²) in [5.41, 5.74) is 0.901. The van der Waals surface area contributed by atoms with Gasteiger partial charge >= 0.3 is 0 Å². The maximum Gasteiger partial charge on any atom is 0.249 e. The molecule has 0 aliphatic carbocycles. The molecule has 24 heavy (non-hydrogen) atoms. The zero-order chi connectivity index (χ0) is 16.9. The number of rotatable bonds is 4. The average molecular weight is 328 g/mol. The van der Waals surface area contributed by atoms with Gasteiger partial charge in [0.25, 0.3) is 0 Å². The van der Waals surface area contributed by atoms with Crippen molar-refractivity contribution in [3.8, 4) is 11.4 Å². The summed E-state index contributed by atoms with van der Waals surface area (Å²) in [7, 11) is 0. The van der Waals surface area contributed by atoms with E-state index >= 15 is 0 Å². The summed E-state index contributed by atoms with van der Waals surface area (Å²) in [5, 5.41) is 16.1. The number of nitrogens with one attached hydrogen (secondary N) is 1. The van der Waals surface area contributed by atoms with E-state index in [0.717, 1.165) is 38.2 Å². The number of carbonyl (C=O) groups is 1. The van der Waals surface area contributed by atoms with Gasteiger partial charge in [-0.15, -0.1) is 10.2 Å². The molecule has 1 N–H and O–H groups in total. The van der Waals surface area contributed by atoms with Crippen molar-refractivity contribution in [1.29, 1.82) is 0 Å². The minimum atomic E-state index is -0.423. The molecular formula is C17H24N6O. The first-order valence-corrected chi connectivity index (χ1v) is 8.51. The van der Waals surface area contributed by atoms with E-state index in [1.807, 2.05) is 49.1 Å². The van der Waals surface area contributed by atoms with Crippen LogP contribution in [0.2, 0.25) is 0 Å². The fraction of sp³-hybridized carbons (Fsp3) is 0.529. The van der Waals surface area contributed by atoms with Crippen molar-refractivity contribution in [2.45, 2.75) is 26.3 Å². The van der Waals surface area contributed by atoms with Crippen LogP contribution in [-0.4, -0.2) is 57.2 Å². The van der Waals surface area contributed by atoms with Gasteiger partial charge in [0.1, 0.15) is 0 Å². The van der Waals surface area contributed by atoms with Gasteiger partial charge < -0.3 is 10.2 Å². The Morgan fingerprint density at radius 3 is 2.71 bits per heavy atom. The Balaban J connectivity index is 1.83. The molecule has 1 amide bonds. The zero-order valence-corrected chi connectivity index (χ0v) is 14.2. The van der Waals surface area contributed by atoms with Crippen LogP contribution in [0.3, 0.4) is 0 Å². The highest BCUT2D eigenvalue weighted by Crippen LogP contribution is 2.21. The van der Waals surface area contributed by atoms with Crippen LogP contribution in [-0.2, 0) is 4.79 Å². The van der Waals surface area contributed by atoms with Crippen LogP contribution in [0.1, 0.15) is 26.3 Å². The molecule has 0 bridgehead atoms. The molecule has 1 saturated heterocycles. The van der Waals surface area contributed by atoms with Gasteiger partial charge in [-0.3, -0.25) is 4.79 Å².